The molecule has 0 aliphatic carbocycles. The smallest absolute Gasteiger partial charge is 0.278 e. The van der Waals surface area contributed by atoms with E-state index in [2.05, 4.69) is 10.5 Å². The van der Waals surface area contributed by atoms with Gasteiger partial charge in [0, 0.05) is 6.07 Å². The van der Waals surface area contributed by atoms with Crippen LogP contribution in [0.15, 0.2) is 47.6 Å². The molecule has 0 aliphatic rings. The van der Waals surface area contributed by atoms with Crippen molar-refractivity contribution in [2.75, 3.05) is 0 Å². The molecular weight excluding hydrogens is 290 g/mol. The van der Waals surface area contributed by atoms with Crippen molar-refractivity contribution in [3.63, 3.8) is 0 Å². The molecule has 2 rings (SSSR count). The van der Waals surface area contributed by atoms with E-state index in [9.17, 15) is 25.1 Å². The highest BCUT2D eigenvalue weighted by molar-refractivity contribution is 5.97. The molecule has 0 saturated carbocycles. The first-order valence-electron chi connectivity index (χ1n) is 6.08. The Kier molecular flexibility index (Phi) is 4.33. The maximum absolute atomic E-state index is 11.8. The van der Waals surface area contributed by atoms with Gasteiger partial charge in [-0.25, -0.2) is 5.43 Å². The maximum Gasteiger partial charge on any atom is 0.278 e. The average molecular weight is 301 g/mol. The number of aromatic hydroxyl groups is 2. The van der Waals surface area contributed by atoms with Crippen molar-refractivity contribution in [1.29, 1.82) is 0 Å². The quantitative estimate of drug-likeness (QED) is 0.451. The van der Waals surface area contributed by atoms with Gasteiger partial charge in [0.15, 0.2) is 0 Å². The van der Waals surface area contributed by atoms with Crippen LogP contribution in [0.3, 0.4) is 0 Å². The molecule has 8 nitrogen and oxygen atoms in total. The molecule has 2 aromatic carbocycles. The number of benzene rings is 2. The van der Waals surface area contributed by atoms with Gasteiger partial charge in [-0.15, -0.1) is 0 Å². The van der Waals surface area contributed by atoms with Gasteiger partial charge in [0.25, 0.3) is 11.6 Å². The summed E-state index contributed by atoms with van der Waals surface area (Å²) in [5, 5.41) is 33.3. The first-order valence-corrected chi connectivity index (χ1v) is 6.08. The number of nitrogens with zero attached hydrogens (tertiary/aromatic N) is 2. The maximum atomic E-state index is 11.8. The minimum Gasteiger partial charge on any atom is -0.508 e. The molecule has 0 spiro atoms. The number of nitrogens with one attached hydrogen (secondary N) is 1. The summed E-state index contributed by atoms with van der Waals surface area (Å²) in [5.41, 5.74) is 1.92. The van der Waals surface area contributed by atoms with Crippen molar-refractivity contribution < 1.29 is 19.9 Å². The summed E-state index contributed by atoms with van der Waals surface area (Å²) in [4.78, 5) is 22.0. The van der Waals surface area contributed by atoms with E-state index in [4.69, 9.17) is 0 Å². The zero-order chi connectivity index (χ0) is 16.1. The highest BCUT2D eigenvalue weighted by atomic mass is 16.6. The summed E-state index contributed by atoms with van der Waals surface area (Å²) in [7, 11) is 0. The predicted octanol–water partition coefficient (Wildman–Crippen LogP) is 1.77. The fraction of sp³-hybridized carbons (Fsp3) is 0. The van der Waals surface area contributed by atoms with Crippen LogP contribution >= 0.6 is 0 Å². The average Bonchev–Trinajstić information content (AvgIpc) is 2.47. The van der Waals surface area contributed by atoms with Gasteiger partial charge in [0.1, 0.15) is 11.5 Å². The van der Waals surface area contributed by atoms with Crippen LogP contribution in [0.4, 0.5) is 5.69 Å². The molecule has 0 heterocycles. The lowest BCUT2D eigenvalue weighted by Crippen LogP contribution is -2.17. The second-order valence-corrected chi connectivity index (χ2v) is 4.22. The van der Waals surface area contributed by atoms with E-state index in [-0.39, 0.29) is 28.3 Å². The molecular formula is C14H11N3O5. The monoisotopic (exact) mass is 301 g/mol. The Labute approximate surface area is 124 Å². The molecule has 0 atom stereocenters. The van der Waals surface area contributed by atoms with Crippen molar-refractivity contribution in [2.24, 2.45) is 5.10 Å². The van der Waals surface area contributed by atoms with E-state index in [1.165, 1.54) is 18.2 Å². The lowest BCUT2D eigenvalue weighted by molar-refractivity contribution is -0.385. The molecule has 0 radical (unpaired) electrons. The number of hydrazone groups is 1. The number of nitro groups is 1. The molecule has 8 heteroatoms. The zero-order valence-corrected chi connectivity index (χ0v) is 11.1. The third kappa shape index (κ3) is 3.37. The molecule has 0 unspecified atom stereocenters. The number of carbonyl (C=O) groups is 1. The van der Waals surface area contributed by atoms with E-state index >= 15 is 0 Å². The van der Waals surface area contributed by atoms with Crippen molar-refractivity contribution >= 4 is 17.8 Å². The minimum atomic E-state index is -0.669. The molecule has 1 amide bonds. The third-order valence-corrected chi connectivity index (χ3v) is 2.73. The highest BCUT2D eigenvalue weighted by Crippen LogP contribution is 2.21. The lowest BCUT2D eigenvalue weighted by Gasteiger charge is -2.02. The lowest BCUT2D eigenvalue weighted by atomic mass is 10.2. The number of para-hydroxylation sites is 1. The third-order valence-electron chi connectivity index (χ3n) is 2.73. The van der Waals surface area contributed by atoms with Crippen LogP contribution in [0.5, 0.6) is 11.5 Å². The molecule has 3 N–H and O–H groups in total. The van der Waals surface area contributed by atoms with E-state index in [0.29, 0.717) is 0 Å². The van der Waals surface area contributed by atoms with Gasteiger partial charge in [-0.05, 0) is 24.3 Å². The van der Waals surface area contributed by atoms with Crippen LogP contribution in [-0.2, 0) is 0 Å². The Bertz CT molecular complexity index is 758. The van der Waals surface area contributed by atoms with E-state index in [1.807, 2.05) is 0 Å². The number of amides is 1. The first-order chi connectivity index (χ1) is 10.5. The Balaban J connectivity index is 2.17. The van der Waals surface area contributed by atoms with Crippen molar-refractivity contribution in [3.05, 3.63) is 63.7 Å². The van der Waals surface area contributed by atoms with Crippen molar-refractivity contribution in [2.45, 2.75) is 0 Å². The molecule has 0 saturated heterocycles. The fourth-order valence-corrected chi connectivity index (χ4v) is 1.70. The summed E-state index contributed by atoms with van der Waals surface area (Å²) in [6.07, 6.45) is 1.04. The summed E-state index contributed by atoms with van der Waals surface area (Å²) < 4.78 is 0. The topological polar surface area (TPSA) is 125 Å². The largest absolute Gasteiger partial charge is 0.508 e. The first kappa shape index (κ1) is 15.0. The number of hydrogen-bond donors (Lipinski definition) is 3. The summed E-state index contributed by atoms with van der Waals surface area (Å²) >= 11 is 0. The van der Waals surface area contributed by atoms with Crippen LogP contribution in [-0.4, -0.2) is 27.3 Å². The number of nitro benzene ring substituents is 1. The van der Waals surface area contributed by atoms with Gasteiger partial charge in [-0.2, -0.15) is 5.10 Å². The van der Waals surface area contributed by atoms with Crippen LogP contribution in [0.1, 0.15) is 15.9 Å². The van der Waals surface area contributed by atoms with E-state index < -0.39 is 10.8 Å². The summed E-state index contributed by atoms with van der Waals surface area (Å²) in [6, 6.07) is 9.32. The van der Waals surface area contributed by atoms with Crippen molar-refractivity contribution in [3.8, 4) is 11.5 Å². The van der Waals surface area contributed by atoms with Crippen LogP contribution in [0, 0.1) is 10.1 Å². The van der Waals surface area contributed by atoms with Crippen molar-refractivity contribution in [1.82, 2.24) is 5.43 Å². The Morgan fingerprint density at radius 2 is 1.95 bits per heavy atom. The second kappa shape index (κ2) is 6.35. The molecule has 2 aromatic rings. The molecule has 0 aromatic heterocycles. The Morgan fingerprint density at radius 3 is 2.64 bits per heavy atom. The molecule has 0 bridgehead atoms. The highest BCUT2D eigenvalue weighted by Gasteiger charge is 2.13. The Hall–Kier alpha value is -3.42. The van der Waals surface area contributed by atoms with Gasteiger partial charge in [-0.3, -0.25) is 14.9 Å². The van der Waals surface area contributed by atoms with E-state index in [1.54, 1.807) is 12.1 Å². The standard InChI is InChI=1S/C14H11N3O5/c18-10-5-6-12(17(21)22)9(7-10)8-15-16-14(20)11-3-1-2-4-13(11)19/h1-8,18-19H,(H,16,20)/b15-8+. The molecule has 112 valence electrons. The van der Waals surface area contributed by atoms with Gasteiger partial charge in [0.2, 0.25) is 0 Å². The minimum absolute atomic E-state index is 0.0186. The number of carbonyl (C=O) groups excluding carboxylic acids is 1. The number of rotatable bonds is 4. The second-order valence-electron chi connectivity index (χ2n) is 4.22. The van der Waals surface area contributed by atoms with Crippen LogP contribution < -0.4 is 5.43 Å². The SMILES string of the molecule is O=C(N/N=C/c1cc(O)ccc1[N+](=O)[O-])c1ccccc1O. The zero-order valence-electron chi connectivity index (χ0n) is 11.1. The van der Waals surface area contributed by atoms with Gasteiger partial charge < -0.3 is 10.2 Å². The number of phenolic OH excluding ortho intramolecular Hbond substituents is 2. The van der Waals surface area contributed by atoms with E-state index in [0.717, 1.165) is 18.3 Å². The fourth-order valence-electron chi connectivity index (χ4n) is 1.70. The Morgan fingerprint density at radius 1 is 1.23 bits per heavy atom. The molecule has 0 fully saturated rings. The van der Waals surface area contributed by atoms with Crippen LogP contribution in [0.2, 0.25) is 0 Å². The molecule has 0 aliphatic heterocycles. The normalized spacial score (nSPS) is 10.5. The summed E-state index contributed by atoms with van der Waals surface area (Å²) in [6.45, 7) is 0. The number of hydrogen-bond acceptors (Lipinski definition) is 6. The summed E-state index contributed by atoms with van der Waals surface area (Å²) in [5.74, 6) is -1.05. The number of phenols is 2. The van der Waals surface area contributed by atoms with Gasteiger partial charge in [-0.1, -0.05) is 12.1 Å². The molecule has 22 heavy (non-hydrogen) atoms. The van der Waals surface area contributed by atoms with Crippen LogP contribution in [0.25, 0.3) is 0 Å². The van der Waals surface area contributed by atoms with Gasteiger partial charge >= 0.3 is 0 Å². The predicted molar refractivity (Wildman–Crippen MR) is 77.9 cm³/mol. The van der Waals surface area contributed by atoms with Gasteiger partial charge in [0.05, 0.1) is 22.3 Å².